The van der Waals surface area contributed by atoms with Gasteiger partial charge in [0.15, 0.2) is 0 Å². The highest BCUT2D eigenvalue weighted by molar-refractivity contribution is 5.43. The molecule has 7 heteroatoms. The predicted molar refractivity (Wildman–Crippen MR) is 100 cm³/mol. The fourth-order valence-electron chi connectivity index (χ4n) is 3.83. The topological polar surface area (TPSA) is 67.2 Å². The van der Waals surface area contributed by atoms with Crippen LogP contribution in [0.1, 0.15) is 37.1 Å². The second kappa shape index (κ2) is 7.15. The van der Waals surface area contributed by atoms with Crippen molar-refractivity contribution in [3.05, 3.63) is 46.5 Å². The van der Waals surface area contributed by atoms with E-state index >= 15 is 0 Å². The SMILES string of the molecule is Cc1cc(N(C2CC2)C2CCN(Cc3nccn(C)c3=O)CC2)ncn1. The van der Waals surface area contributed by atoms with Crippen molar-refractivity contribution >= 4 is 5.82 Å². The molecule has 1 saturated carbocycles. The van der Waals surface area contributed by atoms with Crippen LogP contribution in [0.15, 0.2) is 29.6 Å². The molecule has 1 saturated heterocycles. The van der Waals surface area contributed by atoms with Gasteiger partial charge in [-0.1, -0.05) is 0 Å². The molecule has 0 aromatic carbocycles. The zero-order valence-electron chi connectivity index (χ0n) is 15.5. The van der Waals surface area contributed by atoms with E-state index < -0.39 is 0 Å². The van der Waals surface area contributed by atoms with E-state index in [0.717, 1.165) is 37.4 Å². The molecule has 2 aromatic heterocycles. The van der Waals surface area contributed by atoms with Crippen LogP contribution in [0.3, 0.4) is 0 Å². The molecule has 3 heterocycles. The summed E-state index contributed by atoms with van der Waals surface area (Å²) in [6, 6.07) is 3.24. The van der Waals surface area contributed by atoms with Gasteiger partial charge in [0.05, 0.1) is 0 Å². The lowest BCUT2D eigenvalue weighted by molar-refractivity contribution is 0.197. The summed E-state index contributed by atoms with van der Waals surface area (Å²) in [6.45, 7) is 4.62. The van der Waals surface area contributed by atoms with E-state index in [-0.39, 0.29) is 5.56 Å². The van der Waals surface area contributed by atoms with Crippen LogP contribution in [-0.4, -0.2) is 49.6 Å². The third-order valence-corrected chi connectivity index (χ3v) is 5.41. The molecule has 0 amide bonds. The molecule has 7 nitrogen and oxygen atoms in total. The summed E-state index contributed by atoms with van der Waals surface area (Å²) in [5, 5.41) is 0. The second-order valence-corrected chi connectivity index (χ2v) is 7.45. The number of hydrogen-bond donors (Lipinski definition) is 0. The lowest BCUT2D eigenvalue weighted by atomic mass is 10.0. The van der Waals surface area contributed by atoms with Crippen LogP contribution < -0.4 is 10.5 Å². The first-order valence-corrected chi connectivity index (χ1v) is 9.41. The van der Waals surface area contributed by atoms with Crippen LogP contribution in [0.2, 0.25) is 0 Å². The number of likely N-dealkylation sites (tertiary alicyclic amines) is 1. The standard InChI is InChI=1S/C19H26N6O/c1-14-11-18(22-13-21-14)25(15-3-4-15)16-5-8-24(9-6-16)12-17-19(26)23(2)10-7-20-17/h7,10-11,13,15-16H,3-6,8-9,12H2,1-2H3. The molecule has 4 rings (SSSR count). The number of piperidine rings is 1. The predicted octanol–water partition coefficient (Wildman–Crippen LogP) is 1.51. The maximum atomic E-state index is 12.2. The lowest BCUT2D eigenvalue weighted by Crippen LogP contribution is -2.46. The Hall–Kier alpha value is -2.28. The van der Waals surface area contributed by atoms with E-state index in [1.165, 1.54) is 12.8 Å². The zero-order chi connectivity index (χ0) is 18.1. The van der Waals surface area contributed by atoms with Crippen LogP contribution in [-0.2, 0) is 13.6 Å². The van der Waals surface area contributed by atoms with Crippen molar-refractivity contribution in [3.63, 3.8) is 0 Å². The van der Waals surface area contributed by atoms with E-state index in [1.54, 1.807) is 30.3 Å². The molecular formula is C19H26N6O. The number of anilines is 1. The average Bonchev–Trinajstić information content (AvgIpc) is 3.46. The summed E-state index contributed by atoms with van der Waals surface area (Å²) >= 11 is 0. The average molecular weight is 354 g/mol. The Kier molecular flexibility index (Phi) is 4.72. The molecule has 0 radical (unpaired) electrons. The van der Waals surface area contributed by atoms with Crippen LogP contribution in [0.5, 0.6) is 0 Å². The summed E-state index contributed by atoms with van der Waals surface area (Å²) in [6.07, 6.45) is 9.77. The van der Waals surface area contributed by atoms with Crippen molar-refractivity contribution in [2.75, 3.05) is 18.0 Å². The fourth-order valence-corrected chi connectivity index (χ4v) is 3.83. The van der Waals surface area contributed by atoms with Gasteiger partial charge in [-0.05, 0) is 32.6 Å². The summed E-state index contributed by atoms with van der Waals surface area (Å²) in [7, 11) is 1.77. The Morgan fingerprint density at radius 1 is 1.12 bits per heavy atom. The zero-order valence-corrected chi connectivity index (χ0v) is 15.5. The van der Waals surface area contributed by atoms with Gasteiger partial charge in [-0.3, -0.25) is 14.7 Å². The fraction of sp³-hybridized carbons (Fsp3) is 0.579. The Labute approximate surface area is 153 Å². The molecule has 0 unspecified atom stereocenters. The van der Waals surface area contributed by atoms with Gasteiger partial charge in [0.1, 0.15) is 17.8 Å². The molecule has 1 aliphatic heterocycles. The van der Waals surface area contributed by atoms with Crippen LogP contribution in [0.4, 0.5) is 5.82 Å². The van der Waals surface area contributed by atoms with Crippen LogP contribution in [0, 0.1) is 6.92 Å². The van der Waals surface area contributed by atoms with Gasteiger partial charge in [-0.25, -0.2) is 9.97 Å². The first-order chi connectivity index (χ1) is 12.6. The number of aryl methyl sites for hydroxylation is 2. The van der Waals surface area contributed by atoms with Crippen LogP contribution >= 0.6 is 0 Å². The minimum atomic E-state index is 0.00527. The van der Waals surface area contributed by atoms with Gasteiger partial charge in [0.2, 0.25) is 0 Å². The molecule has 0 bridgehead atoms. The Balaban J connectivity index is 1.42. The van der Waals surface area contributed by atoms with Gasteiger partial charge >= 0.3 is 0 Å². The minimum Gasteiger partial charge on any atom is -0.350 e. The molecule has 138 valence electrons. The molecule has 0 spiro atoms. The monoisotopic (exact) mass is 354 g/mol. The number of nitrogens with zero attached hydrogens (tertiary/aromatic N) is 6. The number of aromatic nitrogens is 4. The van der Waals surface area contributed by atoms with Crippen LogP contribution in [0.25, 0.3) is 0 Å². The van der Waals surface area contributed by atoms with E-state index in [4.69, 9.17) is 0 Å². The van der Waals surface area contributed by atoms with Crippen molar-refractivity contribution < 1.29 is 0 Å². The van der Waals surface area contributed by atoms with E-state index in [2.05, 4.69) is 30.8 Å². The summed E-state index contributed by atoms with van der Waals surface area (Å²) in [4.78, 5) is 30.1. The van der Waals surface area contributed by atoms with Gasteiger partial charge < -0.3 is 9.47 Å². The van der Waals surface area contributed by atoms with E-state index in [0.29, 0.717) is 24.3 Å². The Bertz CT molecular complexity index is 823. The highest BCUT2D eigenvalue weighted by Crippen LogP contribution is 2.35. The minimum absolute atomic E-state index is 0.00527. The lowest BCUT2D eigenvalue weighted by Gasteiger charge is -2.39. The molecule has 0 N–H and O–H groups in total. The van der Waals surface area contributed by atoms with Crippen molar-refractivity contribution in [1.29, 1.82) is 0 Å². The third kappa shape index (κ3) is 3.62. The molecule has 26 heavy (non-hydrogen) atoms. The molecule has 1 aliphatic carbocycles. The van der Waals surface area contributed by atoms with Gasteiger partial charge in [-0.2, -0.15) is 0 Å². The summed E-state index contributed by atoms with van der Waals surface area (Å²) in [5.41, 5.74) is 1.66. The smallest absolute Gasteiger partial charge is 0.273 e. The van der Waals surface area contributed by atoms with Gasteiger partial charge in [0, 0.05) is 62.9 Å². The Morgan fingerprint density at radius 2 is 1.85 bits per heavy atom. The van der Waals surface area contributed by atoms with E-state index in [1.807, 2.05) is 6.92 Å². The third-order valence-electron chi connectivity index (χ3n) is 5.41. The van der Waals surface area contributed by atoms with Crippen molar-refractivity contribution in [2.45, 2.75) is 51.2 Å². The highest BCUT2D eigenvalue weighted by atomic mass is 16.1. The summed E-state index contributed by atoms with van der Waals surface area (Å²) < 4.78 is 1.60. The molecule has 0 atom stereocenters. The molecule has 2 aromatic rings. The molecule has 2 aliphatic rings. The quantitative estimate of drug-likeness (QED) is 0.811. The molecule has 2 fully saturated rings. The number of hydrogen-bond acceptors (Lipinski definition) is 6. The Morgan fingerprint density at radius 3 is 2.54 bits per heavy atom. The maximum Gasteiger partial charge on any atom is 0.273 e. The normalized spacial score (nSPS) is 18.8. The number of rotatable bonds is 5. The van der Waals surface area contributed by atoms with E-state index in [9.17, 15) is 4.79 Å². The van der Waals surface area contributed by atoms with Crippen molar-refractivity contribution in [1.82, 2.24) is 24.4 Å². The van der Waals surface area contributed by atoms with Crippen molar-refractivity contribution in [2.24, 2.45) is 7.05 Å². The highest BCUT2D eigenvalue weighted by Gasteiger charge is 2.36. The second-order valence-electron chi connectivity index (χ2n) is 7.45. The summed E-state index contributed by atoms with van der Waals surface area (Å²) in [5.74, 6) is 1.07. The van der Waals surface area contributed by atoms with Gasteiger partial charge in [0.25, 0.3) is 5.56 Å². The van der Waals surface area contributed by atoms with Crippen molar-refractivity contribution in [3.8, 4) is 0 Å². The molecular weight excluding hydrogens is 328 g/mol. The largest absolute Gasteiger partial charge is 0.350 e. The first kappa shape index (κ1) is 17.1. The first-order valence-electron chi connectivity index (χ1n) is 9.41. The maximum absolute atomic E-state index is 12.2. The van der Waals surface area contributed by atoms with Gasteiger partial charge in [-0.15, -0.1) is 0 Å².